The largest absolute Gasteiger partial charge is 0.372 e. The zero-order valence-electron chi connectivity index (χ0n) is 14.9. The Hall–Kier alpha value is -2.67. The van der Waals surface area contributed by atoms with E-state index in [1.807, 2.05) is 24.8 Å². The minimum Gasteiger partial charge on any atom is -0.372 e. The fourth-order valence-corrected chi connectivity index (χ4v) is 3.08. The summed E-state index contributed by atoms with van der Waals surface area (Å²) in [6, 6.07) is 8.00. The summed E-state index contributed by atoms with van der Waals surface area (Å²) in [5, 5.41) is 5.36. The summed E-state index contributed by atoms with van der Waals surface area (Å²) in [4.78, 5) is 17.9. The third-order valence-electron chi connectivity index (χ3n) is 4.14. The number of carbonyl (C=O) groups excluding carboxylic acids is 1. The van der Waals surface area contributed by atoms with Crippen molar-refractivity contribution in [3.05, 3.63) is 54.1 Å². The average molecular weight is 358 g/mol. The standard InChI is InChI=1S/C19H23FN4O2/c1-13-11-24(12-14(2)26-13)18-6-5-16(8-17(18)20)23-19(25)22-10-15-4-3-7-21-9-15/h3-9,13-14H,10-12H2,1-2H3,(H2,22,23,25)/t13-,14+. The number of hydrogen-bond donors (Lipinski definition) is 2. The van der Waals surface area contributed by atoms with Crippen molar-refractivity contribution in [1.29, 1.82) is 0 Å². The first-order valence-corrected chi connectivity index (χ1v) is 8.65. The number of anilines is 2. The highest BCUT2D eigenvalue weighted by Gasteiger charge is 2.24. The van der Waals surface area contributed by atoms with Gasteiger partial charge >= 0.3 is 6.03 Å². The van der Waals surface area contributed by atoms with Crippen molar-refractivity contribution < 1.29 is 13.9 Å². The minimum atomic E-state index is -0.394. The van der Waals surface area contributed by atoms with Crippen LogP contribution in [-0.4, -0.2) is 36.3 Å². The van der Waals surface area contributed by atoms with Crippen LogP contribution in [0.3, 0.4) is 0 Å². The third kappa shape index (κ3) is 4.70. The number of nitrogens with zero attached hydrogens (tertiary/aromatic N) is 2. The third-order valence-corrected chi connectivity index (χ3v) is 4.14. The average Bonchev–Trinajstić information content (AvgIpc) is 2.60. The van der Waals surface area contributed by atoms with Gasteiger partial charge in [0.2, 0.25) is 0 Å². The van der Waals surface area contributed by atoms with Crippen LogP contribution in [0.25, 0.3) is 0 Å². The summed E-state index contributed by atoms with van der Waals surface area (Å²) in [5.74, 6) is -0.364. The molecule has 1 aromatic carbocycles. The molecule has 0 saturated carbocycles. The van der Waals surface area contributed by atoms with E-state index in [0.717, 1.165) is 5.56 Å². The highest BCUT2D eigenvalue weighted by atomic mass is 19.1. The number of hydrogen-bond acceptors (Lipinski definition) is 4. The summed E-state index contributed by atoms with van der Waals surface area (Å²) >= 11 is 0. The number of morpholine rings is 1. The van der Waals surface area contributed by atoms with Crippen LogP contribution in [0.1, 0.15) is 19.4 Å². The Morgan fingerprint density at radius 1 is 1.31 bits per heavy atom. The van der Waals surface area contributed by atoms with Crippen molar-refractivity contribution in [3.63, 3.8) is 0 Å². The van der Waals surface area contributed by atoms with Gasteiger partial charge in [0.1, 0.15) is 5.82 Å². The molecule has 2 atom stereocenters. The molecule has 3 rings (SSSR count). The van der Waals surface area contributed by atoms with Gasteiger partial charge in [0.25, 0.3) is 0 Å². The smallest absolute Gasteiger partial charge is 0.319 e. The van der Waals surface area contributed by atoms with Gasteiger partial charge in [0, 0.05) is 37.7 Å². The van der Waals surface area contributed by atoms with E-state index in [0.29, 0.717) is 31.0 Å². The lowest BCUT2D eigenvalue weighted by molar-refractivity contribution is -0.00539. The van der Waals surface area contributed by atoms with Crippen LogP contribution in [-0.2, 0) is 11.3 Å². The van der Waals surface area contributed by atoms with Crippen LogP contribution in [0, 0.1) is 5.82 Å². The maximum absolute atomic E-state index is 14.5. The van der Waals surface area contributed by atoms with E-state index in [2.05, 4.69) is 15.6 Å². The van der Waals surface area contributed by atoms with Crippen LogP contribution in [0.5, 0.6) is 0 Å². The molecule has 1 aliphatic rings. The Morgan fingerprint density at radius 3 is 2.73 bits per heavy atom. The molecule has 0 bridgehead atoms. The van der Waals surface area contributed by atoms with Gasteiger partial charge in [-0.25, -0.2) is 9.18 Å². The molecule has 0 unspecified atom stereocenters. The van der Waals surface area contributed by atoms with Crippen LogP contribution in [0.4, 0.5) is 20.6 Å². The summed E-state index contributed by atoms with van der Waals surface area (Å²) in [7, 11) is 0. The topological polar surface area (TPSA) is 66.5 Å². The second-order valence-corrected chi connectivity index (χ2v) is 6.50. The molecule has 0 radical (unpaired) electrons. The molecule has 2 amide bonds. The fraction of sp³-hybridized carbons (Fsp3) is 0.368. The van der Waals surface area contributed by atoms with Gasteiger partial charge in [-0.15, -0.1) is 0 Å². The first kappa shape index (κ1) is 18.1. The molecular weight excluding hydrogens is 335 g/mol. The lowest BCUT2D eigenvalue weighted by atomic mass is 10.2. The number of pyridine rings is 1. The highest BCUT2D eigenvalue weighted by molar-refractivity contribution is 5.89. The maximum Gasteiger partial charge on any atom is 0.319 e. The van der Waals surface area contributed by atoms with Crippen molar-refractivity contribution >= 4 is 17.4 Å². The molecule has 2 N–H and O–H groups in total. The van der Waals surface area contributed by atoms with Crippen molar-refractivity contribution in [1.82, 2.24) is 10.3 Å². The monoisotopic (exact) mass is 358 g/mol. The Balaban J connectivity index is 1.59. The Morgan fingerprint density at radius 2 is 2.08 bits per heavy atom. The Bertz CT molecular complexity index is 746. The summed E-state index contributed by atoms with van der Waals surface area (Å²) in [5.41, 5.74) is 1.82. The van der Waals surface area contributed by atoms with Crippen molar-refractivity contribution in [3.8, 4) is 0 Å². The number of benzene rings is 1. The predicted molar refractivity (Wildman–Crippen MR) is 98.7 cm³/mol. The van der Waals surface area contributed by atoms with E-state index in [-0.39, 0.29) is 18.0 Å². The molecule has 138 valence electrons. The van der Waals surface area contributed by atoms with Gasteiger partial charge in [0.15, 0.2) is 0 Å². The zero-order chi connectivity index (χ0) is 18.5. The first-order valence-electron chi connectivity index (χ1n) is 8.65. The normalized spacial score (nSPS) is 19.9. The predicted octanol–water partition coefficient (Wildman–Crippen LogP) is 3.16. The van der Waals surface area contributed by atoms with Gasteiger partial charge in [-0.3, -0.25) is 4.98 Å². The molecule has 0 spiro atoms. The van der Waals surface area contributed by atoms with Crippen molar-refractivity contribution in [2.45, 2.75) is 32.6 Å². The molecular formula is C19H23FN4O2. The van der Waals surface area contributed by atoms with Crippen molar-refractivity contribution in [2.24, 2.45) is 0 Å². The van der Waals surface area contributed by atoms with E-state index in [1.165, 1.54) is 6.07 Å². The zero-order valence-corrected chi connectivity index (χ0v) is 14.9. The Labute approximate surface area is 152 Å². The second kappa shape index (κ2) is 8.14. The van der Waals surface area contributed by atoms with Gasteiger partial charge in [-0.1, -0.05) is 6.07 Å². The van der Waals surface area contributed by atoms with E-state index < -0.39 is 6.03 Å². The molecule has 2 aromatic rings. The lowest BCUT2D eigenvalue weighted by Gasteiger charge is -2.37. The number of nitrogens with one attached hydrogen (secondary N) is 2. The molecule has 1 saturated heterocycles. The molecule has 1 fully saturated rings. The number of aromatic nitrogens is 1. The Kier molecular flexibility index (Phi) is 5.68. The number of halogens is 1. The molecule has 1 aromatic heterocycles. The molecule has 0 aliphatic carbocycles. The molecule has 2 heterocycles. The van der Waals surface area contributed by atoms with Crippen LogP contribution in [0.15, 0.2) is 42.7 Å². The minimum absolute atomic E-state index is 0.0502. The van der Waals surface area contributed by atoms with E-state index >= 15 is 0 Å². The van der Waals surface area contributed by atoms with Gasteiger partial charge in [0.05, 0.1) is 17.9 Å². The molecule has 6 nitrogen and oxygen atoms in total. The SMILES string of the molecule is C[C@@H]1CN(c2ccc(NC(=O)NCc3cccnc3)cc2F)C[C@H](C)O1. The summed E-state index contributed by atoms with van der Waals surface area (Å²) in [6.45, 7) is 5.58. The van der Waals surface area contributed by atoms with Crippen LogP contribution < -0.4 is 15.5 Å². The first-order chi connectivity index (χ1) is 12.5. The van der Waals surface area contributed by atoms with E-state index in [9.17, 15) is 9.18 Å². The number of amides is 2. The number of ether oxygens (including phenoxy) is 1. The number of urea groups is 1. The lowest BCUT2D eigenvalue weighted by Crippen LogP contribution is -2.45. The van der Waals surface area contributed by atoms with E-state index in [4.69, 9.17) is 4.74 Å². The number of carbonyl (C=O) groups is 1. The second-order valence-electron chi connectivity index (χ2n) is 6.50. The molecule has 26 heavy (non-hydrogen) atoms. The quantitative estimate of drug-likeness (QED) is 0.881. The van der Waals surface area contributed by atoms with Gasteiger partial charge < -0.3 is 20.3 Å². The molecule has 1 aliphatic heterocycles. The highest BCUT2D eigenvalue weighted by Crippen LogP contribution is 2.26. The van der Waals surface area contributed by atoms with E-state index in [1.54, 1.807) is 30.6 Å². The summed E-state index contributed by atoms with van der Waals surface area (Å²) in [6.07, 6.45) is 3.45. The molecule has 7 heteroatoms. The fourth-order valence-electron chi connectivity index (χ4n) is 3.08. The van der Waals surface area contributed by atoms with Gasteiger partial charge in [-0.2, -0.15) is 0 Å². The maximum atomic E-state index is 14.5. The van der Waals surface area contributed by atoms with Gasteiger partial charge in [-0.05, 0) is 43.7 Å². The van der Waals surface area contributed by atoms with Crippen LogP contribution in [0.2, 0.25) is 0 Å². The number of rotatable bonds is 4. The van der Waals surface area contributed by atoms with Crippen molar-refractivity contribution in [2.75, 3.05) is 23.3 Å². The van der Waals surface area contributed by atoms with Crippen LogP contribution >= 0.6 is 0 Å². The summed E-state index contributed by atoms with van der Waals surface area (Å²) < 4.78 is 20.2.